The number of ether oxygens (including phenoxy) is 1. The van der Waals surface area contributed by atoms with E-state index in [1.54, 1.807) is 0 Å². The Morgan fingerprint density at radius 2 is 1.82 bits per heavy atom. The molecule has 3 aliphatic rings. The Morgan fingerprint density at radius 1 is 1.03 bits per heavy atom. The lowest BCUT2D eigenvalue weighted by molar-refractivity contribution is 0.0903. The molecule has 0 radical (unpaired) electrons. The normalized spacial score (nSPS) is 19.1. The lowest BCUT2D eigenvalue weighted by Gasteiger charge is -2.24. The van der Waals surface area contributed by atoms with Gasteiger partial charge in [-0.2, -0.15) is 9.61 Å². The largest absolute Gasteiger partial charge is 0.381 e. The third-order valence-corrected chi connectivity index (χ3v) is 8.17. The monoisotopic (exact) mass is 531 g/mol. The molecule has 1 aromatic carbocycles. The van der Waals surface area contributed by atoms with Crippen LogP contribution in [0.5, 0.6) is 0 Å². The van der Waals surface area contributed by atoms with E-state index in [0.29, 0.717) is 12.1 Å². The molecule has 0 bridgehead atoms. The van der Waals surface area contributed by atoms with Crippen molar-refractivity contribution >= 4 is 23.2 Å². The second-order valence-electron chi connectivity index (χ2n) is 11.3. The number of hydrogen-bond donors (Lipinski definition) is 3. The average molecular weight is 532 g/mol. The molecule has 4 heterocycles. The number of rotatable bonds is 9. The summed E-state index contributed by atoms with van der Waals surface area (Å²) in [5, 5.41) is 15.2. The Kier molecular flexibility index (Phi) is 7.97. The quantitative estimate of drug-likeness (QED) is 0.375. The Bertz CT molecular complexity index is 1290. The van der Waals surface area contributed by atoms with Gasteiger partial charge in [0, 0.05) is 55.6 Å². The summed E-state index contributed by atoms with van der Waals surface area (Å²) in [5.41, 5.74) is 4.46. The zero-order chi connectivity index (χ0) is 26.6. The second-order valence-corrected chi connectivity index (χ2v) is 11.3. The lowest BCUT2D eigenvalue weighted by atomic mass is 10.0. The van der Waals surface area contributed by atoms with Gasteiger partial charge < -0.3 is 25.6 Å². The maximum absolute atomic E-state index is 12.7. The van der Waals surface area contributed by atoms with Crippen LogP contribution in [0, 0.1) is 6.92 Å². The molecule has 2 aliphatic heterocycles. The summed E-state index contributed by atoms with van der Waals surface area (Å²) in [4.78, 5) is 20.3. The van der Waals surface area contributed by atoms with Crippen LogP contribution in [0.3, 0.4) is 0 Å². The van der Waals surface area contributed by atoms with Crippen LogP contribution < -0.4 is 16.0 Å². The Morgan fingerprint density at radius 3 is 2.56 bits per heavy atom. The molecule has 39 heavy (non-hydrogen) atoms. The van der Waals surface area contributed by atoms with Crippen LogP contribution in [0.4, 0.5) is 11.6 Å². The summed E-state index contributed by atoms with van der Waals surface area (Å²) in [6.45, 7) is 7.79. The number of carbonyl (C=O) groups excluding carboxylic acids is 1. The maximum Gasteiger partial charge on any atom is 0.251 e. The summed E-state index contributed by atoms with van der Waals surface area (Å²) in [7, 11) is 0. The van der Waals surface area contributed by atoms with Gasteiger partial charge >= 0.3 is 0 Å². The Labute approximate surface area is 230 Å². The number of carbonyl (C=O) groups is 1. The number of nitrogens with one attached hydrogen (secondary N) is 3. The predicted octanol–water partition coefficient (Wildman–Crippen LogP) is 4.48. The molecule has 1 aliphatic carbocycles. The minimum absolute atomic E-state index is 0.0124. The number of fused-ring (bicyclic) bond motifs is 1. The number of likely N-dealkylation sites (tertiary alicyclic amines) is 1. The SMILES string of the molecule is Cc1cc(-c2cnn3c(NCCN4CCCCCC4)cc(NC4CCOCC4)nc23)ccc1C(=O)NC1CC1. The molecular weight excluding hydrogens is 490 g/mol. The number of aromatic nitrogens is 3. The van der Waals surface area contributed by atoms with E-state index in [2.05, 4.69) is 33.0 Å². The molecule has 9 nitrogen and oxygen atoms in total. The molecule has 0 atom stereocenters. The molecule has 2 saturated heterocycles. The van der Waals surface area contributed by atoms with Gasteiger partial charge in [-0.1, -0.05) is 25.0 Å². The van der Waals surface area contributed by atoms with Gasteiger partial charge in [-0.25, -0.2) is 4.98 Å². The number of anilines is 2. The first-order chi connectivity index (χ1) is 19.1. The van der Waals surface area contributed by atoms with Crippen LogP contribution in [-0.2, 0) is 4.74 Å². The maximum atomic E-state index is 12.7. The topological polar surface area (TPSA) is 95.8 Å². The lowest BCUT2D eigenvalue weighted by Crippen LogP contribution is -2.30. The number of benzene rings is 1. The summed E-state index contributed by atoms with van der Waals surface area (Å²) in [6, 6.07) is 8.78. The molecule has 0 spiro atoms. The van der Waals surface area contributed by atoms with Crippen molar-refractivity contribution in [2.24, 2.45) is 0 Å². The first-order valence-corrected chi connectivity index (χ1v) is 14.8. The third kappa shape index (κ3) is 6.36. The molecule has 3 N–H and O–H groups in total. The average Bonchev–Trinajstić information content (AvgIpc) is 3.71. The molecule has 6 rings (SSSR count). The van der Waals surface area contributed by atoms with Gasteiger partial charge in [0.15, 0.2) is 5.65 Å². The van der Waals surface area contributed by atoms with Crippen molar-refractivity contribution in [1.29, 1.82) is 0 Å². The van der Waals surface area contributed by atoms with E-state index >= 15 is 0 Å². The number of nitrogens with zero attached hydrogens (tertiary/aromatic N) is 4. The van der Waals surface area contributed by atoms with E-state index in [0.717, 1.165) is 91.5 Å². The number of aryl methyl sites for hydroxylation is 1. The fraction of sp³-hybridized carbons (Fsp3) is 0.567. The van der Waals surface area contributed by atoms with E-state index in [-0.39, 0.29) is 5.91 Å². The van der Waals surface area contributed by atoms with E-state index in [4.69, 9.17) is 14.8 Å². The van der Waals surface area contributed by atoms with Crippen LogP contribution in [0.1, 0.15) is 67.3 Å². The molecule has 0 unspecified atom stereocenters. The fourth-order valence-corrected chi connectivity index (χ4v) is 5.70. The zero-order valence-electron chi connectivity index (χ0n) is 23.0. The summed E-state index contributed by atoms with van der Waals surface area (Å²) < 4.78 is 7.47. The predicted molar refractivity (Wildman–Crippen MR) is 155 cm³/mol. The van der Waals surface area contributed by atoms with Crippen molar-refractivity contribution in [2.45, 2.75) is 70.4 Å². The van der Waals surface area contributed by atoms with Gasteiger partial charge in [-0.05, 0) is 75.7 Å². The van der Waals surface area contributed by atoms with E-state index in [1.807, 2.05) is 29.8 Å². The smallest absolute Gasteiger partial charge is 0.251 e. The first kappa shape index (κ1) is 26.1. The highest BCUT2D eigenvalue weighted by atomic mass is 16.5. The molecule has 1 amide bonds. The number of amides is 1. The molecule has 208 valence electrons. The van der Waals surface area contributed by atoms with E-state index < -0.39 is 0 Å². The van der Waals surface area contributed by atoms with Gasteiger partial charge in [0.1, 0.15) is 11.6 Å². The summed E-state index contributed by atoms with van der Waals surface area (Å²) in [6.07, 6.45) is 11.3. The Balaban J connectivity index is 1.27. The second kappa shape index (κ2) is 11.9. The van der Waals surface area contributed by atoms with Crippen LogP contribution in [0.2, 0.25) is 0 Å². The molecule has 9 heteroatoms. The van der Waals surface area contributed by atoms with Crippen LogP contribution >= 0.6 is 0 Å². The van der Waals surface area contributed by atoms with Gasteiger partial charge in [0.25, 0.3) is 5.91 Å². The van der Waals surface area contributed by atoms with E-state index in [1.165, 1.54) is 38.8 Å². The van der Waals surface area contributed by atoms with Crippen molar-refractivity contribution < 1.29 is 9.53 Å². The van der Waals surface area contributed by atoms with Gasteiger partial charge in [-0.3, -0.25) is 4.79 Å². The zero-order valence-corrected chi connectivity index (χ0v) is 23.0. The standard InChI is InChI=1S/C30H41N7O2/c1-21-18-22(6-9-25(21)30(38)34-23-7-8-23)26-20-32-37-28(31-12-15-36-13-4-2-3-5-14-36)19-27(35-29(26)37)33-24-10-16-39-17-11-24/h6,9,18-20,23-24,31H,2-5,7-8,10-17H2,1H3,(H,33,35)(H,34,38). The fourth-order valence-electron chi connectivity index (χ4n) is 5.70. The highest BCUT2D eigenvalue weighted by molar-refractivity contribution is 5.97. The van der Waals surface area contributed by atoms with Crippen LogP contribution in [0.25, 0.3) is 16.8 Å². The van der Waals surface area contributed by atoms with Crippen molar-refractivity contribution in [1.82, 2.24) is 24.8 Å². The van der Waals surface area contributed by atoms with Gasteiger partial charge in [0.05, 0.1) is 6.20 Å². The molecule has 2 aromatic heterocycles. The minimum Gasteiger partial charge on any atom is -0.381 e. The van der Waals surface area contributed by atoms with Crippen molar-refractivity contribution in [3.8, 4) is 11.1 Å². The van der Waals surface area contributed by atoms with Crippen LogP contribution in [0.15, 0.2) is 30.5 Å². The highest BCUT2D eigenvalue weighted by Crippen LogP contribution is 2.30. The highest BCUT2D eigenvalue weighted by Gasteiger charge is 2.25. The minimum atomic E-state index is 0.0124. The number of hydrogen-bond acceptors (Lipinski definition) is 7. The summed E-state index contributed by atoms with van der Waals surface area (Å²) >= 11 is 0. The summed E-state index contributed by atoms with van der Waals surface area (Å²) in [5.74, 6) is 1.80. The van der Waals surface area contributed by atoms with Gasteiger partial charge in [0.2, 0.25) is 0 Å². The van der Waals surface area contributed by atoms with Crippen molar-refractivity contribution in [3.63, 3.8) is 0 Å². The van der Waals surface area contributed by atoms with Crippen LogP contribution in [-0.4, -0.2) is 76.9 Å². The first-order valence-electron chi connectivity index (χ1n) is 14.8. The molecular formula is C30H41N7O2. The third-order valence-electron chi connectivity index (χ3n) is 8.17. The molecule has 3 fully saturated rings. The molecule has 3 aromatic rings. The van der Waals surface area contributed by atoms with E-state index in [9.17, 15) is 4.79 Å². The van der Waals surface area contributed by atoms with Crippen molar-refractivity contribution in [2.75, 3.05) is 50.0 Å². The Hall–Kier alpha value is -3.17. The van der Waals surface area contributed by atoms with Crippen molar-refractivity contribution in [3.05, 3.63) is 41.6 Å². The van der Waals surface area contributed by atoms with Gasteiger partial charge in [-0.15, -0.1) is 0 Å². The molecule has 1 saturated carbocycles.